The van der Waals surface area contributed by atoms with E-state index >= 15 is 0 Å². The molecule has 1 heterocycles. The van der Waals surface area contributed by atoms with E-state index in [9.17, 15) is 13.2 Å². The number of sulfonamides is 1. The molecule has 8 heteroatoms. The second kappa shape index (κ2) is 9.28. The van der Waals surface area contributed by atoms with Gasteiger partial charge in [-0.3, -0.25) is 4.79 Å². The van der Waals surface area contributed by atoms with Crippen molar-refractivity contribution >= 4 is 27.6 Å². The molecule has 0 bridgehead atoms. The maximum absolute atomic E-state index is 12.4. The number of carbonyl (C=O) groups excluding carboxylic acids is 1. The molecule has 0 aliphatic heterocycles. The van der Waals surface area contributed by atoms with Gasteiger partial charge in [0.05, 0.1) is 4.90 Å². The average molecular weight is 376 g/mol. The van der Waals surface area contributed by atoms with Crippen molar-refractivity contribution in [1.82, 2.24) is 9.97 Å². The zero-order chi connectivity index (χ0) is 19.0. The van der Waals surface area contributed by atoms with Gasteiger partial charge in [-0.1, -0.05) is 26.2 Å². The van der Waals surface area contributed by atoms with Gasteiger partial charge in [0.1, 0.15) is 0 Å². The number of benzene rings is 1. The van der Waals surface area contributed by atoms with Crippen LogP contribution >= 0.6 is 0 Å². The third kappa shape index (κ3) is 6.11. The zero-order valence-corrected chi connectivity index (χ0v) is 15.8. The Bertz CT molecular complexity index is 836. The lowest BCUT2D eigenvalue weighted by Gasteiger charge is -2.09. The second-order valence-electron chi connectivity index (χ2n) is 6.01. The van der Waals surface area contributed by atoms with Crippen LogP contribution in [0.1, 0.15) is 44.7 Å². The van der Waals surface area contributed by atoms with Crippen LogP contribution in [-0.2, 0) is 14.8 Å². The SMILES string of the molecule is CCCCCCC(=O)Nc1ccc(S(=O)(=O)Nc2nccc(C)n2)cc1. The minimum absolute atomic E-state index is 0.0226. The maximum atomic E-state index is 12.4. The molecule has 7 nitrogen and oxygen atoms in total. The number of unbranched alkanes of at least 4 members (excludes halogenated alkanes) is 3. The smallest absolute Gasteiger partial charge is 0.264 e. The molecule has 140 valence electrons. The topological polar surface area (TPSA) is 101 Å². The first kappa shape index (κ1) is 19.8. The molecule has 1 aromatic heterocycles. The summed E-state index contributed by atoms with van der Waals surface area (Å²) in [6, 6.07) is 7.68. The van der Waals surface area contributed by atoms with Crippen LogP contribution < -0.4 is 10.0 Å². The molecule has 0 radical (unpaired) electrons. The van der Waals surface area contributed by atoms with E-state index in [4.69, 9.17) is 0 Å². The first-order valence-corrected chi connectivity index (χ1v) is 10.1. The number of anilines is 2. The second-order valence-corrected chi connectivity index (χ2v) is 7.69. The summed E-state index contributed by atoms with van der Waals surface area (Å²) in [6.07, 6.45) is 6.09. The Kier molecular flexibility index (Phi) is 7.08. The molecular formula is C18H24N4O3S. The highest BCUT2D eigenvalue weighted by Gasteiger charge is 2.15. The monoisotopic (exact) mass is 376 g/mol. The van der Waals surface area contributed by atoms with Crippen molar-refractivity contribution in [3.8, 4) is 0 Å². The van der Waals surface area contributed by atoms with Gasteiger partial charge in [-0.15, -0.1) is 0 Å². The van der Waals surface area contributed by atoms with Gasteiger partial charge in [-0.2, -0.15) is 0 Å². The largest absolute Gasteiger partial charge is 0.326 e. The number of aromatic nitrogens is 2. The Labute approximate surface area is 154 Å². The number of hydrogen-bond acceptors (Lipinski definition) is 5. The van der Waals surface area contributed by atoms with E-state index in [0.29, 0.717) is 17.8 Å². The van der Waals surface area contributed by atoms with E-state index in [0.717, 1.165) is 25.7 Å². The van der Waals surface area contributed by atoms with Gasteiger partial charge in [-0.25, -0.2) is 23.1 Å². The highest BCUT2D eigenvalue weighted by Crippen LogP contribution is 2.17. The van der Waals surface area contributed by atoms with E-state index in [1.807, 2.05) is 0 Å². The molecule has 0 aliphatic rings. The Morgan fingerprint density at radius 1 is 1.08 bits per heavy atom. The summed E-state index contributed by atoms with van der Waals surface area (Å²) in [5, 5.41) is 2.78. The van der Waals surface area contributed by atoms with E-state index in [1.54, 1.807) is 25.1 Å². The molecule has 0 aliphatic carbocycles. The van der Waals surface area contributed by atoms with Gasteiger partial charge < -0.3 is 5.32 Å². The fourth-order valence-corrected chi connectivity index (χ4v) is 3.28. The summed E-state index contributed by atoms with van der Waals surface area (Å²) >= 11 is 0. The maximum Gasteiger partial charge on any atom is 0.264 e. The van der Waals surface area contributed by atoms with Crippen LogP contribution in [0.4, 0.5) is 11.6 Å². The van der Waals surface area contributed by atoms with Gasteiger partial charge in [0, 0.05) is 24.0 Å². The number of aryl methyl sites for hydroxylation is 1. The molecule has 2 N–H and O–H groups in total. The molecule has 0 atom stereocenters. The van der Waals surface area contributed by atoms with Crippen LogP contribution in [0.2, 0.25) is 0 Å². The van der Waals surface area contributed by atoms with Crippen molar-refractivity contribution in [1.29, 1.82) is 0 Å². The number of nitrogens with one attached hydrogen (secondary N) is 2. The third-order valence-electron chi connectivity index (χ3n) is 3.73. The van der Waals surface area contributed by atoms with Crippen LogP contribution in [-0.4, -0.2) is 24.3 Å². The van der Waals surface area contributed by atoms with Crippen molar-refractivity contribution in [2.45, 2.75) is 50.8 Å². The summed E-state index contributed by atoms with van der Waals surface area (Å²) < 4.78 is 27.1. The minimum Gasteiger partial charge on any atom is -0.326 e. The highest BCUT2D eigenvalue weighted by molar-refractivity contribution is 7.92. The molecule has 2 aromatic rings. The lowest BCUT2D eigenvalue weighted by Crippen LogP contribution is -2.15. The summed E-state index contributed by atoms with van der Waals surface area (Å²) in [5.41, 5.74) is 1.23. The molecule has 1 aromatic carbocycles. The predicted molar refractivity (Wildman–Crippen MR) is 101 cm³/mol. The molecule has 0 fully saturated rings. The van der Waals surface area contributed by atoms with Crippen molar-refractivity contribution < 1.29 is 13.2 Å². The summed E-state index contributed by atoms with van der Waals surface area (Å²) in [5.74, 6) is -0.0440. The normalized spacial score (nSPS) is 11.2. The predicted octanol–water partition coefficient (Wildman–Crippen LogP) is 3.49. The molecule has 0 spiro atoms. The van der Waals surface area contributed by atoms with Gasteiger partial charge in [0.15, 0.2) is 0 Å². The van der Waals surface area contributed by atoms with Crippen LogP contribution in [0.5, 0.6) is 0 Å². The van der Waals surface area contributed by atoms with Crippen LogP contribution in [0, 0.1) is 6.92 Å². The Morgan fingerprint density at radius 3 is 2.46 bits per heavy atom. The molecular weight excluding hydrogens is 352 g/mol. The fourth-order valence-electron chi connectivity index (χ4n) is 2.33. The number of rotatable bonds is 9. The Morgan fingerprint density at radius 2 is 1.81 bits per heavy atom. The average Bonchev–Trinajstić information content (AvgIpc) is 2.59. The molecule has 0 saturated heterocycles. The first-order chi connectivity index (χ1) is 12.4. The van der Waals surface area contributed by atoms with Crippen LogP contribution in [0.15, 0.2) is 41.4 Å². The molecule has 2 rings (SSSR count). The van der Waals surface area contributed by atoms with Gasteiger partial charge in [0.2, 0.25) is 11.9 Å². The third-order valence-corrected chi connectivity index (χ3v) is 5.07. The number of carbonyl (C=O) groups is 1. The first-order valence-electron chi connectivity index (χ1n) is 8.63. The molecule has 26 heavy (non-hydrogen) atoms. The summed E-state index contributed by atoms with van der Waals surface area (Å²) in [6.45, 7) is 3.87. The molecule has 1 amide bonds. The standard InChI is InChI=1S/C18H24N4O3S/c1-3-4-5-6-7-17(23)21-15-8-10-16(11-9-15)26(24,25)22-18-19-13-12-14(2)20-18/h8-13H,3-7H2,1-2H3,(H,21,23)(H,19,20,22). The molecule has 0 saturated carbocycles. The van der Waals surface area contributed by atoms with E-state index in [-0.39, 0.29) is 16.8 Å². The van der Waals surface area contributed by atoms with Crippen LogP contribution in [0.3, 0.4) is 0 Å². The van der Waals surface area contributed by atoms with Crippen molar-refractivity contribution in [3.05, 3.63) is 42.2 Å². The van der Waals surface area contributed by atoms with Crippen LogP contribution in [0.25, 0.3) is 0 Å². The number of nitrogens with zero attached hydrogens (tertiary/aromatic N) is 2. The highest BCUT2D eigenvalue weighted by atomic mass is 32.2. The van der Waals surface area contributed by atoms with Gasteiger partial charge >= 0.3 is 0 Å². The lowest BCUT2D eigenvalue weighted by molar-refractivity contribution is -0.116. The zero-order valence-electron chi connectivity index (χ0n) is 15.0. The lowest BCUT2D eigenvalue weighted by atomic mass is 10.1. The quantitative estimate of drug-likeness (QED) is 0.652. The number of amides is 1. The van der Waals surface area contributed by atoms with E-state index in [1.165, 1.54) is 18.3 Å². The van der Waals surface area contributed by atoms with E-state index < -0.39 is 10.0 Å². The Hall–Kier alpha value is -2.48. The van der Waals surface area contributed by atoms with Crippen molar-refractivity contribution in [3.63, 3.8) is 0 Å². The fraction of sp³-hybridized carbons (Fsp3) is 0.389. The minimum atomic E-state index is -3.78. The number of hydrogen-bond donors (Lipinski definition) is 2. The van der Waals surface area contributed by atoms with E-state index in [2.05, 4.69) is 26.9 Å². The van der Waals surface area contributed by atoms with Crippen molar-refractivity contribution in [2.24, 2.45) is 0 Å². The molecule has 0 unspecified atom stereocenters. The Balaban J connectivity index is 1.96. The summed E-state index contributed by atoms with van der Waals surface area (Å²) in [4.78, 5) is 19.9. The summed E-state index contributed by atoms with van der Waals surface area (Å²) in [7, 11) is -3.78. The van der Waals surface area contributed by atoms with Gasteiger partial charge in [-0.05, 0) is 43.7 Å². The van der Waals surface area contributed by atoms with Gasteiger partial charge in [0.25, 0.3) is 10.0 Å². The van der Waals surface area contributed by atoms with Crippen molar-refractivity contribution in [2.75, 3.05) is 10.0 Å².